The van der Waals surface area contributed by atoms with Crippen LogP contribution < -0.4 is 5.73 Å². The summed E-state index contributed by atoms with van der Waals surface area (Å²) in [7, 11) is 1.90. The number of rotatable bonds is 4. The van der Waals surface area contributed by atoms with Crippen LogP contribution >= 0.6 is 0 Å². The topological polar surface area (TPSA) is 46.3 Å². The molecule has 0 bridgehead atoms. The van der Waals surface area contributed by atoms with E-state index in [4.69, 9.17) is 5.73 Å². The van der Waals surface area contributed by atoms with Crippen molar-refractivity contribution in [2.45, 2.75) is 39.7 Å². The highest BCUT2D eigenvalue weighted by Gasteiger charge is 2.14. The molecule has 0 aliphatic heterocycles. The number of carbonyl (C=O) groups is 1. The Hall–Kier alpha value is -1.35. The zero-order chi connectivity index (χ0) is 13.9. The maximum Gasteiger partial charge on any atom is 0.231 e. The van der Waals surface area contributed by atoms with Gasteiger partial charge in [0.25, 0.3) is 0 Å². The maximum absolute atomic E-state index is 10.9. The summed E-state index contributed by atoms with van der Waals surface area (Å²) in [5.41, 5.74) is 9.19. The lowest BCUT2D eigenvalue weighted by Crippen LogP contribution is -2.30. The lowest BCUT2D eigenvalue weighted by molar-refractivity contribution is -0.118. The average Bonchev–Trinajstić information content (AvgIpc) is 2.18. The van der Waals surface area contributed by atoms with Crippen LogP contribution in [0.2, 0.25) is 0 Å². The SMILES string of the molecule is Cc1cc(C(C)(C)C)ccc1CN(C)CC(N)=O. The Kier molecular flexibility index (Phi) is 4.52. The number of amides is 1. The van der Waals surface area contributed by atoms with Crippen molar-refractivity contribution < 1.29 is 4.79 Å². The van der Waals surface area contributed by atoms with Gasteiger partial charge in [0.15, 0.2) is 0 Å². The molecule has 100 valence electrons. The Morgan fingerprint density at radius 3 is 2.39 bits per heavy atom. The van der Waals surface area contributed by atoms with Crippen LogP contribution in [-0.2, 0) is 16.8 Å². The molecule has 1 amide bonds. The van der Waals surface area contributed by atoms with Crippen LogP contribution in [-0.4, -0.2) is 24.4 Å². The average molecular weight is 248 g/mol. The molecule has 3 heteroatoms. The van der Waals surface area contributed by atoms with Crippen LogP contribution in [0.25, 0.3) is 0 Å². The van der Waals surface area contributed by atoms with Crippen molar-refractivity contribution in [3.63, 3.8) is 0 Å². The van der Waals surface area contributed by atoms with Crippen molar-refractivity contribution in [2.75, 3.05) is 13.6 Å². The van der Waals surface area contributed by atoms with Crippen molar-refractivity contribution >= 4 is 5.91 Å². The largest absolute Gasteiger partial charge is 0.369 e. The van der Waals surface area contributed by atoms with E-state index in [1.807, 2.05) is 11.9 Å². The van der Waals surface area contributed by atoms with Crippen molar-refractivity contribution in [3.05, 3.63) is 34.9 Å². The van der Waals surface area contributed by atoms with E-state index in [2.05, 4.69) is 45.9 Å². The first-order valence-electron chi connectivity index (χ1n) is 6.27. The highest BCUT2D eigenvalue weighted by atomic mass is 16.1. The Bertz CT molecular complexity index is 433. The Morgan fingerprint density at radius 2 is 1.94 bits per heavy atom. The third-order valence-electron chi connectivity index (χ3n) is 3.07. The molecule has 1 aromatic carbocycles. The van der Waals surface area contributed by atoms with Gasteiger partial charge in [-0.2, -0.15) is 0 Å². The molecule has 0 aliphatic rings. The second-order valence-electron chi connectivity index (χ2n) is 6.03. The number of hydrogen-bond donors (Lipinski definition) is 1. The van der Waals surface area contributed by atoms with Crippen LogP contribution in [0.1, 0.15) is 37.5 Å². The summed E-state index contributed by atoms with van der Waals surface area (Å²) < 4.78 is 0. The van der Waals surface area contributed by atoms with E-state index in [0.29, 0.717) is 6.54 Å². The Balaban J connectivity index is 2.83. The van der Waals surface area contributed by atoms with Gasteiger partial charge in [0, 0.05) is 6.54 Å². The third kappa shape index (κ3) is 4.15. The molecule has 1 rings (SSSR count). The van der Waals surface area contributed by atoms with Crippen molar-refractivity contribution in [1.82, 2.24) is 4.90 Å². The van der Waals surface area contributed by atoms with Gasteiger partial charge in [-0.15, -0.1) is 0 Å². The second kappa shape index (κ2) is 5.53. The van der Waals surface area contributed by atoms with Gasteiger partial charge in [-0.05, 0) is 36.1 Å². The molecule has 0 fully saturated rings. The van der Waals surface area contributed by atoms with E-state index in [-0.39, 0.29) is 11.3 Å². The second-order valence-corrected chi connectivity index (χ2v) is 6.03. The van der Waals surface area contributed by atoms with E-state index in [1.54, 1.807) is 0 Å². The van der Waals surface area contributed by atoms with Crippen LogP contribution in [0, 0.1) is 6.92 Å². The quantitative estimate of drug-likeness (QED) is 0.888. The number of nitrogens with two attached hydrogens (primary N) is 1. The van der Waals surface area contributed by atoms with Gasteiger partial charge in [0.1, 0.15) is 0 Å². The number of nitrogens with zero attached hydrogens (tertiary/aromatic N) is 1. The number of benzene rings is 1. The highest BCUT2D eigenvalue weighted by molar-refractivity contribution is 5.75. The predicted molar refractivity (Wildman–Crippen MR) is 75.4 cm³/mol. The standard InChI is InChI=1S/C15H24N2O/c1-11-8-13(15(2,3)4)7-6-12(11)9-17(5)10-14(16)18/h6-8H,9-10H2,1-5H3,(H2,16,18). The summed E-state index contributed by atoms with van der Waals surface area (Å²) in [4.78, 5) is 12.8. The van der Waals surface area contributed by atoms with E-state index in [1.165, 1.54) is 16.7 Å². The molecule has 0 aromatic heterocycles. The number of likely N-dealkylation sites (N-methyl/N-ethyl adjacent to an activating group) is 1. The summed E-state index contributed by atoms with van der Waals surface area (Å²) in [6.07, 6.45) is 0. The van der Waals surface area contributed by atoms with E-state index < -0.39 is 0 Å². The molecule has 2 N–H and O–H groups in total. The van der Waals surface area contributed by atoms with Gasteiger partial charge < -0.3 is 5.73 Å². The van der Waals surface area contributed by atoms with Crippen molar-refractivity contribution in [2.24, 2.45) is 5.73 Å². The molecule has 0 unspecified atom stereocenters. The zero-order valence-electron chi connectivity index (χ0n) is 12.1. The molecule has 0 aliphatic carbocycles. The lowest BCUT2D eigenvalue weighted by atomic mass is 9.85. The van der Waals surface area contributed by atoms with Crippen LogP contribution in [0.5, 0.6) is 0 Å². The van der Waals surface area contributed by atoms with Gasteiger partial charge in [-0.1, -0.05) is 39.0 Å². The summed E-state index contributed by atoms with van der Waals surface area (Å²) in [6, 6.07) is 6.54. The first-order valence-corrected chi connectivity index (χ1v) is 6.27. The predicted octanol–water partition coefficient (Wildman–Crippen LogP) is 2.21. The summed E-state index contributed by atoms with van der Waals surface area (Å²) in [6.45, 7) is 9.78. The Labute approximate surface area is 110 Å². The van der Waals surface area contributed by atoms with Gasteiger partial charge in [-0.3, -0.25) is 9.69 Å². The molecule has 18 heavy (non-hydrogen) atoms. The molecule has 0 radical (unpaired) electrons. The molecule has 0 spiro atoms. The molecule has 3 nitrogen and oxygen atoms in total. The Morgan fingerprint density at radius 1 is 1.33 bits per heavy atom. The molecule has 0 heterocycles. The number of primary amides is 1. The van der Waals surface area contributed by atoms with Crippen LogP contribution in [0.4, 0.5) is 0 Å². The smallest absolute Gasteiger partial charge is 0.231 e. The minimum Gasteiger partial charge on any atom is -0.369 e. The lowest BCUT2D eigenvalue weighted by Gasteiger charge is -2.22. The zero-order valence-corrected chi connectivity index (χ0v) is 12.1. The van der Waals surface area contributed by atoms with Gasteiger partial charge in [0.2, 0.25) is 5.91 Å². The molecular formula is C15H24N2O. The molecule has 0 saturated carbocycles. The maximum atomic E-state index is 10.9. The fraction of sp³-hybridized carbons (Fsp3) is 0.533. The van der Waals surface area contributed by atoms with Crippen LogP contribution in [0.3, 0.4) is 0 Å². The highest BCUT2D eigenvalue weighted by Crippen LogP contribution is 2.24. The van der Waals surface area contributed by atoms with Crippen LogP contribution in [0.15, 0.2) is 18.2 Å². The number of hydrogen-bond acceptors (Lipinski definition) is 2. The van der Waals surface area contributed by atoms with Gasteiger partial charge in [-0.25, -0.2) is 0 Å². The molecule has 0 saturated heterocycles. The van der Waals surface area contributed by atoms with Crippen molar-refractivity contribution in [1.29, 1.82) is 0 Å². The number of aryl methyl sites for hydroxylation is 1. The van der Waals surface area contributed by atoms with E-state index in [9.17, 15) is 4.79 Å². The summed E-state index contributed by atoms with van der Waals surface area (Å²) >= 11 is 0. The van der Waals surface area contributed by atoms with E-state index >= 15 is 0 Å². The fourth-order valence-electron chi connectivity index (χ4n) is 1.95. The van der Waals surface area contributed by atoms with E-state index in [0.717, 1.165) is 6.54 Å². The third-order valence-corrected chi connectivity index (χ3v) is 3.07. The fourth-order valence-corrected chi connectivity index (χ4v) is 1.95. The minimum absolute atomic E-state index is 0.169. The summed E-state index contributed by atoms with van der Waals surface area (Å²) in [5, 5.41) is 0. The molecule has 1 aromatic rings. The summed E-state index contributed by atoms with van der Waals surface area (Å²) in [5.74, 6) is -0.290. The first-order chi connectivity index (χ1) is 8.20. The molecular weight excluding hydrogens is 224 g/mol. The number of carbonyl (C=O) groups excluding carboxylic acids is 1. The monoisotopic (exact) mass is 248 g/mol. The van der Waals surface area contributed by atoms with Gasteiger partial charge >= 0.3 is 0 Å². The minimum atomic E-state index is -0.290. The first kappa shape index (κ1) is 14.7. The van der Waals surface area contributed by atoms with Crippen molar-refractivity contribution in [3.8, 4) is 0 Å². The van der Waals surface area contributed by atoms with Gasteiger partial charge in [0.05, 0.1) is 6.54 Å². The normalized spacial score (nSPS) is 11.9. The molecule has 0 atom stereocenters.